The lowest BCUT2D eigenvalue weighted by Gasteiger charge is -2.20. The first kappa shape index (κ1) is 13.1. The number of esters is 1. The molecule has 2 atom stereocenters. The van der Waals surface area contributed by atoms with E-state index in [1.165, 1.54) is 7.11 Å². The van der Waals surface area contributed by atoms with Gasteiger partial charge in [-0.3, -0.25) is 9.69 Å². The van der Waals surface area contributed by atoms with Crippen LogP contribution < -0.4 is 0 Å². The SMILES string of the molecule is COC(=O)C1CCN(CC(O)c2ccccc2)C1. The Bertz CT molecular complexity index is 393. The van der Waals surface area contributed by atoms with E-state index in [0.717, 1.165) is 18.5 Å². The minimum atomic E-state index is -0.498. The number of aliphatic hydroxyl groups is 1. The number of rotatable bonds is 4. The predicted molar refractivity (Wildman–Crippen MR) is 68.0 cm³/mol. The first-order chi connectivity index (χ1) is 8.70. The van der Waals surface area contributed by atoms with Crippen molar-refractivity contribution in [2.75, 3.05) is 26.7 Å². The molecule has 0 bridgehead atoms. The van der Waals surface area contributed by atoms with Crippen molar-refractivity contribution in [3.63, 3.8) is 0 Å². The zero-order chi connectivity index (χ0) is 13.0. The van der Waals surface area contributed by atoms with Crippen molar-refractivity contribution in [1.82, 2.24) is 4.90 Å². The molecule has 2 unspecified atom stereocenters. The summed E-state index contributed by atoms with van der Waals surface area (Å²) < 4.78 is 4.74. The van der Waals surface area contributed by atoms with Gasteiger partial charge < -0.3 is 9.84 Å². The molecule has 1 saturated heterocycles. The van der Waals surface area contributed by atoms with Gasteiger partial charge >= 0.3 is 5.97 Å². The number of aliphatic hydroxyl groups excluding tert-OH is 1. The van der Waals surface area contributed by atoms with Gasteiger partial charge in [0, 0.05) is 13.1 Å². The van der Waals surface area contributed by atoms with E-state index in [1.54, 1.807) is 0 Å². The highest BCUT2D eigenvalue weighted by Crippen LogP contribution is 2.21. The lowest BCUT2D eigenvalue weighted by Crippen LogP contribution is -2.28. The number of benzene rings is 1. The molecule has 4 nitrogen and oxygen atoms in total. The van der Waals surface area contributed by atoms with E-state index >= 15 is 0 Å². The van der Waals surface area contributed by atoms with Crippen LogP contribution in [-0.2, 0) is 9.53 Å². The number of nitrogens with zero attached hydrogens (tertiary/aromatic N) is 1. The third-order valence-electron chi connectivity index (χ3n) is 3.42. The van der Waals surface area contributed by atoms with Crippen LogP contribution in [0.1, 0.15) is 18.1 Å². The van der Waals surface area contributed by atoms with Crippen LogP contribution in [0.2, 0.25) is 0 Å². The van der Waals surface area contributed by atoms with Gasteiger partial charge in [-0.2, -0.15) is 0 Å². The van der Waals surface area contributed by atoms with E-state index in [-0.39, 0.29) is 11.9 Å². The van der Waals surface area contributed by atoms with E-state index in [0.29, 0.717) is 13.1 Å². The number of hydrogen-bond donors (Lipinski definition) is 1. The third kappa shape index (κ3) is 3.09. The largest absolute Gasteiger partial charge is 0.469 e. The minimum Gasteiger partial charge on any atom is -0.469 e. The standard InChI is InChI=1S/C14H19NO3/c1-18-14(17)12-7-8-15(9-12)10-13(16)11-5-3-2-4-6-11/h2-6,12-13,16H,7-10H2,1H3. The molecule has 1 aromatic carbocycles. The van der Waals surface area contributed by atoms with Crippen LogP contribution in [0, 0.1) is 5.92 Å². The molecule has 1 heterocycles. The molecule has 1 N–H and O–H groups in total. The Morgan fingerprint density at radius 3 is 2.89 bits per heavy atom. The highest BCUT2D eigenvalue weighted by Gasteiger charge is 2.29. The molecule has 1 fully saturated rings. The topological polar surface area (TPSA) is 49.8 Å². The smallest absolute Gasteiger partial charge is 0.310 e. The summed E-state index contributed by atoms with van der Waals surface area (Å²) in [5.41, 5.74) is 0.916. The fourth-order valence-corrected chi connectivity index (χ4v) is 2.38. The predicted octanol–water partition coefficient (Wildman–Crippen LogP) is 1.21. The maximum Gasteiger partial charge on any atom is 0.310 e. The van der Waals surface area contributed by atoms with Gasteiger partial charge in [-0.25, -0.2) is 0 Å². The molecule has 98 valence electrons. The number of methoxy groups -OCH3 is 1. The number of β-amino-alcohol motifs (C(OH)–C–C–N with tert-alkyl or cyclic N) is 1. The fraction of sp³-hybridized carbons (Fsp3) is 0.500. The van der Waals surface area contributed by atoms with Gasteiger partial charge in [0.05, 0.1) is 19.1 Å². The molecule has 18 heavy (non-hydrogen) atoms. The van der Waals surface area contributed by atoms with Crippen molar-refractivity contribution in [1.29, 1.82) is 0 Å². The zero-order valence-corrected chi connectivity index (χ0v) is 10.6. The van der Waals surface area contributed by atoms with Gasteiger partial charge in [-0.1, -0.05) is 30.3 Å². The summed E-state index contributed by atoms with van der Waals surface area (Å²) in [6.07, 6.45) is 0.316. The van der Waals surface area contributed by atoms with E-state index in [4.69, 9.17) is 4.74 Å². The average Bonchev–Trinajstić information content (AvgIpc) is 2.87. The van der Waals surface area contributed by atoms with Gasteiger partial charge in [0.25, 0.3) is 0 Å². The van der Waals surface area contributed by atoms with Crippen molar-refractivity contribution < 1.29 is 14.6 Å². The average molecular weight is 249 g/mol. The summed E-state index contributed by atoms with van der Waals surface area (Å²) in [5.74, 6) is -0.190. The monoisotopic (exact) mass is 249 g/mol. The minimum absolute atomic E-state index is 0.0435. The van der Waals surface area contributed by atoms with Crippen molar-refractivity contribution in [2.24, 2.45) is 5.92 Å². The Morgan fingerprint density at radius 2 is 2.22 bits per heavy atom. The van der Waals surface area contributed by atoms with Gasteiger partial charge in [0.2, 0.25) is 0 Å². The molecule has 0 aliphatic carbocycles. The van der Waals surface area contributed by atoms with Gasteiger partial charge in [0.15, 0.2) is 0 Å². The van der Waals surface area contributed by atoms with Gasteiger partial charge in [-0.05, 0) is 18.5 Å². The van der Waals surface area contributed by atoms with Crippen molar-refractivity contribution >= 4 is 5.97 Å². The first-order valence-corrected chi connectivity index (χ1v) is 6.24. The number of ether oxygens (including phenoxy) is 1. The van der Waals surface area contributed by atoms with Crippen LogP contribution in [0.15, 0.2) is 30.3 Å². The number of carbonyl (C=O) groups excluding carboxylic acids is 1. The molecular weight excluding hydrogens is 230 g/mol. The lowest BCUT2D eigenvalue weighted by atomic mass is 10.1. The Labute approximate surface area is 107 Å². The molecule has 0 spiro atoms. The molecule has 0 saturated carbocycles. The van der Waals surface area contributed by atoms with Crippen molar-refractivity contribution in [3.05, 3.63) is 35.9 Å². The van der Waals surface area contributed by atoms with Crippen LogP contribution in [-0.4, -0.2) is 42.7 Å². The maximum atomic E-state index is 11.4. The Kier molecular flexibility index (Phi) is 4.33. The van der Waals surface area contributed by atoms with Gasteiger partial charge in [-0.15, -0.1) is 0 Å². The molecule has 2 rings (SSSR count). The fourth-order valence-electron chi connectivity index (χ4n) is 2.38. The number of likely N-dealkylation sites (tertiary alicyclic amines) is 1. The molecule has 0 aromatic heterocycles. The van der Waals surface area contributed by atoms with Crippen LogP contribution in [0.5, 0.6) is 0 Å². The second-order valence-electron chi connectivity index (χ2n) is 4.69. The lowest BCUT2D eigenvalue weighted by molar-refractivity contribution is -0.145. The summed E-state index contributed by atoms with van der Waals surface area (Å²) in [5, 5.41) is 10.1. The van der Waals surface area contributed by atoms with E-state index in [9.17, 15) is 9.90 Å². The molecule has 1 aliphatic rings. The molecule has 1 aromatic rings. The van der Waals surface area contributed by atoms with Crippen LogP contribution in [0.4, 0.5) is 0 Å². The number of carbonyl (C=O) groups is 1. The Hall–Kier alpha value is -1.39. The third-order valence-corrected chi connectivity index (χ3v) is 3.42. The van der Waals surface area contributed by atoms with Crippen molar-refractivity contribution in [2.45, 2.75) is 12.5 Å². The van der Waals surface area contributed by atoms with Crippen LogP contribution >= 0.6 is 0 Å². The molecule has 0 amide bonds. The first-order valence-electron chi connectivity index (χ1n) is 6.24. The molecule has 4 heteroatoms. The van der Waals surface area contributed by atoms with E-state index < -0.39 is 6.10 Å². The number of hydrogen-bond acceptors (Lipinski definition) is 4. The molecule has 1 aliphatic heterocycles. The van der Waals surface area contributed by atoms with E-state index in [2.05, 4.69) is 4.90 Å². The maximum absolute atomic E-state index is 11.4. The second-order valence-corrected chi connectivity index (χ2v) is 4.69. The summed E-state index contributed by atoms with van der Waals surface area (Å²) in [6.45, 7) is 2.08. The Balaban J connectivity index is 1.86. The van der Waals surface area contributed by atoms with Crippen LogP contribution in [0.25, 0.3) is 0 Å². The zero-order valence-electron chi connectivity index (χ0n) is 10.6. The van der Waals surface area contributed by atoms with E-state index in [1.807, 2.05) is 30.3 Å². The van der Waals surface area contributed by atoms with Crippen LogP contribution in [0.3, 0.4) is 0 Å². The molecular formula is C14H19NO3. The van der Waals surface area contributed by atoms with Gasteiger partial charge in [0.1, 0.15) is 0 Å². The van der Waals surface area contributed by atoms with Crippen molar-refractivity contribution in [3.8, 4) is 0 Å². The molecule has 0 radical (unpaired) electrons. The summed E-state index contributed by atoms with van der Waals surface area (Å²) in [7, 11) is 1.42. The highest BCUT2D eigenvalue weighted by molar-refractivity contribution is 5.72. The normalized spacial score (nSPS) is 21.8. The quantitative estimate of drug-likeness (QED) is 0.815. The highest BCUT2D eigenvalue weighted by atomic mass is 16.5. The summed E-state index contributed by atoms with van der Waals surface area (Å²) >= 11 is 0. The Morgan fingerprint density at radius 1 is 1.50 bits per heavy atom. The summed E-state index contributed by atoms with van der Waals surface area (Å²) in [4.78, 5) is 13.5. The summed E-state index contributed by atoms with van der Waals surface area (Å²) in [6, 6.07) is 9.59. The second kappa shape index (κ2) is 5.98.